The van der Waals surface area contributed by atoms with E-state index in [9.17, 15) is 35.7 Å². The van der Waals surface area contributed by atoms with Gasteiger partial charge >= 0.3 is 0 Å². The molecular formula is C24H32N2O9. The van der Waals surface area contributed by atoms with E-state index >= 15 is 0 Å². The molecular weight excluding hydrogens is 460 g/mol. The molecule has 4 rings (SSSR count). The van der Waals surface area contributed by atoms with Crippen LogP contribution in [-0.2, 0) is 4.74 Å². The van der Waals surface area contributed by atoms with Crippen molar-refractivity contribution in [3.63, 3.8) is 0 Å². The van der Waals surface area contributed by atoms with Crippen LogP contribution >= 0.6 is 0 Å². The average Bonchev–Trinajstić information content (AvgIpc) is 2.86. The van der Waals surface area contributed by atoms with E-state index in [0.717, 1.165) is 26.2 Å². The summed E-state index contributed by atoms with van der Waals surface area (Å²) in [6, 6.07) is 8.52. The molecule has 0 saturated carbocycles. The van der Waals surface area contributed by atoms with Crippen LogP contribution in [0.25, 0.3) is 12.2 Å². The molecule has 0 aliphatic carbocycles. The Labute approximate surface area is 202 Å². The van der Waals surface area contributed by atoms with Gasteiger partial charge in [0.05, 0.1) is 6.61 Å². The maximum atomic E-state index is 10.1. The molecule has 0 unspecified atom stereocenters. The van der Waals surface area contributed by atoms with Crippen molar-refractivity contribution >= 4 is 12.2 Å². The zero-order valence-corrected chi connectivity index (χ0v) is 19.0. The molecule has 9 N–H and O–H groups in total. The number of phenolic OH excluding ortho intramolecular Hbond substituents is 3. The molecule has 0 aromatic heterocycles. The zero-order chi connectivity index (χ0) is 25.4. The van der Waals surface area contributed by atoms with Crippen molar-refractivity contribution in [1.29, 1.82) is 0 Å². The number of nitrogens with one attached hydrogen (secondary N) is 2. The highest BCUT2D eigenvalue weighted by atomic mass is 16.7. The number of phenols is 3. The summed E-state index contributed by atoms with van der Waals surface area (Å²) in [5.41, 5.74) is 1.11. The first-order chi connectivity index (χ1) is 16.8. The summed E-state index contributed by atoms with van der Waals surface area (Å²) >= 11 is 0. The van der Waals surface area contributed by atoms with Crippen LogP contribution in [0, 0.1) is 0 Å². The summed E-state index contributed by atoms with van der Waals surface area (Å²) in [6.45, 7) is 3.97. The number of aromatic hydroxyl groups is 3. The van der Waals surface area contributed by atoms with Gasteiger partial charge in [0.15, 0.2) is 11.5 Å². The lowest BCUT2D eigenvalue weighted by Crippen LogP contribution is -2.60. The smallest absolute Gasteiger partial charge is 0.229 e. The van der Waals surface area contributed by atoms with Crippen LogP contribution in [0.2, 0.25) is 0 Å². The predicted molar refractivity (Wildman–Crippen MR) is 127 cm³/mol. The Morgan fingerprint density at radius 1 is 0.800 bits per heavy atom. The summed E-state index contributed by atoms with van der Waals surface area (Å²) in [5.74, 6) is -0.535. The highest BCUT2D eigenvalue weighted by Gasteiger charge is 2.44. The number of piperazine rings is 1. The Morgan fingerprint density at radius 3 is 2.06 bits per heavy atom. The zero-order valence-electron chi connectivity index (χ0n) is 19.0. The molecule has 2 aliphatic rings. The van der Waals surface area contributed by atoms with E-state index in [1.165, 1.54) is 30.3 Å². The van der Waals surface area contributed by atoms with E-state index in [2.05, 4.69) is 10.6 Å². The quantitative estimate of drug-likeness (QED) is 0.191. The molecule has 2 aromatic carbocycles. The van der Waals surface area contributed by atoms with Gasteiger partial charge < -0.3 is 55.9 Å². The fourth-order valence-electron chi connectivity index (χ4n) is 3.51. The molecule has 11 heteroatoms. The summed E-state index contributed by atoms with van der Waals surface area (Å²) in [4.78, 5) is 0. The number of rotatable bonds is 5. The topological polar surface area (TPSA) is 184 Å². The van der Waals surface area contributed by atoms with Crippen LogP contribution in [0.5, 0.6) is 23.0 Å². The molecule has 11 nitrogen and oxygen atoms in total. The minimum Gasteiger partial charge on any atom is -0.508 e. The van der Waals surface area contributed by atoms with Crippen LogP contribution in [0.4, 0.5) is 0 Å². The third-order valence-electron chi connectivity index (χ3n) is 5.44. The Hall–Kier alpha value is -2.90. The van der Waals surface area contributed by atoms with E-state index in [1.807, 2.05) is 0 Å². The van der Waals surface area contributed by atoms with Gasteiger partial charge in [-0.15, -0.1) is 0 Å². The van der Waals surface area contributed by atoms with Gasteiger partial charge in [0.1, 0.15) is 35.9 Å². The van der Waals surface area contributed by atoms with E-state index in [-0.39, 0.29) is 23.0 Å². The Morgan fingerprint density at radius 2 is 1.46 bits per heavy atom. The van der Waals surface area contributed by atoms with Gasteiger partial charge in [-0.25, -0.2) is 0 Å². The summed E-state index contributed by atoms with van der Waals surface area (Å²) in [5, 5.41) is 74.2. The van der Waals surface area contributed by atoms with E-state index in [1.54, 1.807) is 18.2 Å². The van der Waals surface area contributed by atoms with Gasteiger partial charge in [-0.1, -0.05) is 18.2 Å². The second-order valence-corrected chi connectivity index (χ2v) is 8.16. The first-order valence-corrected chi connectivity index (χ1v) is 11.2. The van der Waals surface area contributed by atoms with Crippen LogP contribution in [-0.4, -0.2) is 99.2 Å². The van der Waals surface area contributed by atoms with Crippen LogP contribution < -0.4 is 15.4 Å². The summed E-state index contributed by atoms with van der Waals surface area (Å²) in [6.07, 6.45) is -3.90. The number of aliphatic hydroxyl groups is 4. The molecule has 2 fully saturated rings. The number of benzene rings is 2. The second-order valence-electron chi connectivity index (χ2n) is 8.16. The molecule has 2 aromatic rings. The molecule has 2 heterocycles. The Bertz CT molecular complexity index is 970. The van der Waals surface area contributed by atoms with Gasteiger partial charge in [0, 0.05) is 32.2 Å². The van der Waals surface area contributed by atoms with Gasteiger partial charge in [-0.3, -0.25) is 0 Å². The molecule has 0 spiro atoms. The van der Waals surface area contributed by atoms with E-state index < -0.39 is 37.3 Å². The van der Waals surface area contributed by atoms with Gasteiger partial charge in [-0.2, -0.15) is 0 Å². The molecule has 0 radical (unpaired) electrons. The number of hydrogen-bond donors (Lipinski definition) is 9. The highest BCUT2D eigenvalue weighted by Crippen LogP contribution is 2.29. The van der Waals surface area contributed by atoms with Crippen molar-refractivity contribution < 1.29 is 45.2 Å². The molecule has 2 aliphatic heterocycles. The van der Waals surface area contributed by atoms with Crippen molar-refractivity contribution in [1.82, 2.24) is 10.6 Å². The second kappa shape index (κ2) is 12.7. The molecule has 35 heavy (non-hydrogen) atoms. The maximum absolute atomic E-state index is 10.1. The number of hydrogen-bond acceptors (Lipinski definition) is 11. The monoisotopic (exact) mass is 492 g/mol. The van der Waals surface area contributed by atoms with Gasteiger partial charge in [0.25, 0.3) is 0 Å². The van der Waals surface area contributed by atoms with Gasteiger partial charge in [0.2, 0.25) is 6.29 Å². The molecule has 192 valence electrons. The summed E-state index contributed by atoms with van der Waals surface area (Å²) < 4.78 is 10.8. The average molecular weight is 493 g/mol. The molecule has 5 atom stereocenters. The first kappa shape index (κ1) is 26.7. The Balaban J connectivity index is 0.000000497. The van der Waals surface area contributed by atoms with Crippen LogP contribution in [0.1, 0.15) is 11.1 Å². The van der Waals surface area contributed by atoms with Crippen molar-refractivity contribution in [2.24, 2.45) is 0 Å². The predicted octanol–water partition coefficient (Wildman–Crippen LogP) is -0.668. The van der Waals surface area contributed by atoms with Crippen molar-refractivity contribution in [3.05, 3.63) is 47.5 Å². The molecule has 0 amide bonds. The standard InChI is InChI=1S/C20H22O9.C4H10N2/c21-9-16-17(25)18(26)19(27)20(29-16)28-13-6-11(5-12(22)8-13)2-1-10-3-4-14(23)15(24)7-10;1-2-6-4-3-5-1/h1-8,16-27H,9H2;5-6H,1-4H2/b2-1+;/t16-,17-,18+,19-,20-;/m1./s1. The lowest BCUT2D eigenvalue weighted by molar-refractivity contribution is -0.277. The summed E-state index contributed by atoms with van der Waals surface area (Å²) in [7, 11) is 0. The lowest BCUT2D eigenvalue weighted by Gasteiger charge is -2.39. The minimum absolute atomic E-state index is 0.113. The number of aliphatic hydroxyl groups excluding tert-OH is 4. The highest BCUT2D eigenvalue weighted by molar-refractivity contribution is 5.72. The minimum atomic E-state index is -1.58. The van der Waals surface area contributed by atoms with Gasteiger partial charge in [-0.05, 0) is 35.4 Å². The fourth-order valence-corrected chi connectivity index (χ4v) is 3.51. The van der Waals surface area contributed by atoms with Crippen molar-refractivity contribution in [3.8, 4) is 23.0 Å². The largest absolute Gasteiger partial charge is 0.508 e. The van der Waals surface area contributed by atoms with Crippen LogP contribution in [0.3, 0.4) is 0 Å². The van der Waals surface area contributed by atoms with Crippen molar-refractivity contribution in [2.45, 2.75) is 30.7 Å². The van der Waals surface area contributed by atoms with E-state index in [0.29, 0.717) is 11.1 Å². The Kier molecular flexibility index (Phi) is 9.69. The molecule has 2 saturated heterocycles. The fraction of sp³-hybridized carbons (Fsp3) is 0.417. The SMILES string of the molecule is C1CNCCN1.OC[C@H]1O[C@@H](Oc2cc(O)cc(/C=C/c3ccc(O)c(O)c3)c2)[C@H](O)[C@@H](O)[C@@H]1O. The van der Waals surface area contributed by atoms with Crippen molar-refractivity contribution in [2.75, 3.05) is 32.8 Å². The normalized spacial score (nSPS) is 26.7. The van der Waals surface area contributed by atoms with Crippen LogP contribution in [0.15, 0.2) is 36.4 Å². The molecule has 0 bridgehead atoms. The lowest BCUT2D eigenvalue weighted by atomic mass is 9.99. The van der Waals surface area contributed by atoms with E-state index in [4.69, 9.17) is 9.47 Å². The first-order valence-electron chi connectivity index (χ1n) is 11.2. The number of ether oxygens (including phenoxy) is 2. The third kappa shape index (κ3) is 7.54. The third-order valence-corrected chi connectivity index (χ3v) is 5.44. The maximum Gasteiger partial charge on any atom is 0.229 e.